The highest BCUT2D eigenvalue weighted by atomic mass is 16.1. The van der Waals surface area contributed by atoms with Gasteiger partial charge in [0.25, 0.3) is 0 Å². The van der Waals surface area contributed by atoms with Crippen molar-refractivity contribution in [3.05, 3.63) is 29.8 Å². The Morgan fingerprint density at radius 3 is 2.35 bits per heavy atom. The van der Waals surface area contributed by atoms with Crippen LogP contribution in [0.1, 0.15) is 38.7 Å². The van der Waals surface area contributed by atoms with Crippen LogP contribution >= 0.6 is 0 Å². The van der Waals surface area contributed by atoms with E-state index in [2.05, 4.69) is 19.2 Å². The summed E-state index contributed by atoms with van der Waals surface area (Å²) in [6.07, 6.45) is 3.29. The molecule has 0 saturated heterocycles. The zero-order valence-corrected chi connectivity index (χ0v) is 10.7. The monoisotopic (exact) mass is 234 g/mol. The first kappa shape index (κ1) is 13.6. The molecule has 1 amide bonds. The maximum atomic E-state index is 11.7. The summed E-state index contributed by atoms with van der Waals surface area (Å²) in [5.41, 5.74) is 7.52. The Kier molecular flexibility index (Phi) is 5.53. The Balaban J connectivity index is 2.35. The number of amides is 1. The molecule has 3 N–H and O–H groups in total. The summed E-state index contributed by atoms with van der Waals surface area (Å²) in [4.78, 5) is 11.7. The maximum absolute atomic E-state index is 11.7. The SMILES string of the molecule is CCC(CC)NC(=O)CCc1ccc(N)cc1. The molecular weight excluding hydrogens is 212 g/mol. The first-order valence-corrected chi connectivity index (χ1v) is 6.29. The second-order valence-corrected chi connectivity index (χ2v) is 4.32. The van der Waals surface area contributed by atoms with Crippen LogP contribution in [0.25, 0.3) is 0 Å². The number of carbonyl (C=O) groups excluding carboxylic acids is 1. The van der Waals surface area contributed by atoms with Crippen molar-refractivity contribution < 1.29 is 4.79 Å². The zero-order chi connectivity index (χ0) is 12.7. The summed E-state index contributed by atoms with van der Waals surface area (Å²) in [5.74, 6) is 0.135. The highest BCUT2D eigenvalue weighted by Gasteiger charge is 2.07. The molecule has 94 valence electrons. The van der Waals surface area contributed by atoms with Crippen molar-refractivity contribution in [2.75, 3.05) is 5.73 Å². The number of nitrogen functional groups attached to an aromatic ring is 1. The van der Waals surface area contributed by atoms with Crippen LogP contribution in [0.5, 0.6) is 0 Å². The standard InChI is InChI=1S/C14H22N2O/c1-3-13(4-2)16-14(17)10-7-11-5-8-12(15)9-6-11/h5-6,8-9,13H,3-4,7,10,15H2,1-2H3,(H,16,17). The van der Waals surface area contributed by atoms with Crippen LogP contribution in [-0.2, 0) is 11.2 Å². The molecule has 0 aliphatic rings. The highest BCUT2D eigenvalue weighted by molar-refractivity contribution is 5.76. The van der Waals surface area contributed by atoms with Gasteiger partial charge in [-0.05, 0) is 37.0 Å². The summed E-state index contributed by atoms with van der Waals surface area (Å²) >= 11 is 0. The van der Waals surface area contributed by atoms with Crippen molar-refractivity contribution in [2.45, 2.75) is 45.6 Å². The lowest BCUT2D eigenvalue weighted by atomic mass is 10.1. The quantitative estimate of drug-likeness (QED) is 0.743. The molecule has 0 bridgehead atoms. The molecule has 1 aromatic rings. The van der Waals surface area contributed by atoms with Gasteiger partial charge in [0.05, 0.1) is 0 Å². The number of nitrogens with two attached hydrogens (primary N) is 1. The minimum atomic E-state index is 0.135. The van der Waals surface area contributed by atoms with Gasteiger partial charge in [0, 0.05) is 18.2 Å². The van der Waals surface area contributed by atoms with Crippen LogP contribution in [-0.4, -0.2) is 11.9 Å². The fourth-order valence-electron chi connectivity index (χ4n) is 1.73. The third-order valence-corrected chi connectivity index (χ3v) is 2.97. The van der Waals surface area contributed by atoms with Crippen LogP contribution in [0, 0.1) is 0 Å². The van der Waals surface area contributed by atoms with E-state index in [0.717, 1.165) is 30.5 Å². The molecule has 1 aromatic carbocycles. The fraction of sp³-hybridized carbons (Fsp3) is 0.500. The van der Waals surface area contributed by atoms with E-state index in [-0.39, 0.29) is 5.91 Å². The molecule has 3 heteroatoms. The number of hydrogen-bond acceptors (Lipinski definition) is 2. The van der Waals surface area contributed by atoms with E-state index < -0.39 is 0 Å². The van der Waals surface area contributed by atoms with Gasteiger partial charge in [-0.3, -0.25) is 4.79 Å². The van der Waals surface area contributed by atoms with Gasteiger partial charge in [0.2, 0.25) is 5.91 Å². The topological polar surface area (TPSA) is 55.1 Å². The van der Waals surface area contributed by atoms with Crippen LogP contribution in [0.15, 0.2) is 24.3 Å². The van der Waals surface area contributed by atoms with Gasteiger partial charge in [0.1, 0.15) is 0 Å². The van der Waals surface area contributed by atoms with E-state index >= 15 is 0 Å². The molecule has 0 saturated carbocycles. The molecule has 0 heterocycles. The third-order valence-electron chi connectivity index (χ3n) is 2.97. The number of carbonyl (C=O) groups is 1. The van der Waals surface area contributed by atoms with E-state index in [1.807, 2.05) is 24.3 Å². The minimum Gasteiger partial charge on any atom is -0.399 e. The van der Waals surface area contributed by atoms with Crippen molar-refractivity contribution in [2.24, 2.45) is 0 Å². The van der Waals surface area contributed by atoms with Gasteiger partial charge in [-0.15, -0.1) is 0 Å². The van der Waals surface area contributed by atoms with Gasteiger partial charge in [-0.25, -0.2) is 0 Å². The summed E-state index contributed by atoms with van der Waals surface area (Å²) in [5, 5.41) is 3.03. The molecule has 0 spiro atoms. The average molecular weight is 234 g/mol. The Morgan fingerprint density at radius 1 is 1.24 bits per heavy atom. The van der Waals surface area contributed by atoms with Gasteiger partial charge < -0.3 is 11.1 Å². The van der Waals surface area contributed by atoms with Gasteiger partial charge >= 0.3 is 0 Å². The number of hydrogen-bond donors (Lipinski definition) is 2. The summed E-state index contributed by atoms with van der Waals surface area (Å²) < 4.78 is 0. The summed E-state index contributed by atoms with van der Waals surface area (Å²) in [6.45, 7) is 4.18. The Bertz CT molecular complexity index is 342. The molecule has 0 unspecified atom stereocenters. The molecule has 0 aromatic heterocycles. The molecule has 0 fully saturated rings. The molecular formula is C14H22N2O. The molecule has 0 aliphatic carbocycles. The molecule has 0 aliphatic heterocycles. The summed E-state index contributed by atoms with van der Waals surface area (Å²) in [7, 11) is 0. The molecule has 17 heavy (non-hydrogen) atoms. The molecule has 1 rings (SSSR count). The number of benzene rings is 1. The second kappa shape index (κ2) is 6.94. The van der Waals surface area contributed by atoms with Gasteiger partial charge in [0.15, 0.2) is 0 Å². The zero-order valence-electron chi connectivity index (χ0n) is 10.7. The highest BCUT2D eigenvalue weighted by Crippen LogP contribution is 2.08. The predicted octanol–water partition coefficient (Wildman–Crippen LogP) is 2.51. The van der Waals surface area contributed by atoms with Crippen molar-refractivity contribution in [1.29, 1.82) is 0 Å². The number of aryl methyl sites for hydroxylation is 1. The maximum Gasteiger partial charge on any atom is 0.220 e. The van der Waals surface area contributed by atoms with Crippen molar-refractivity contribution >= 4 is 11.6 Å². The first-order chi connectivity index (χ1) is 8.15. The van der Waals surface area contributed by atoms with Crippen LogP contribution in [0.2, 0.25) is 0 Å². The number of anilines is 1. The van der Waals surface area contributed by atoms with E-state index in [0.29, 0.717) is 12.5 Å². The van der Waals surface area contributed by atoms with Crippen molar-refractivity contribution in [1.82, 2.24) is 5.32 Å². The van der Waals surface area contributed by atoms with Gasteiger partial charge in [-0.1, -0.05) is 26.0 Å². The Hall–Kier alpha value is -1.51. The van der Waals surface area contributed by atoms with Crippen molar-refractivity contribution in [3.8, 4) is 0 Å². The lowest BCUT2D eigenvalue weighted by Gasteiger charge is -2.14. The number of rotatable bonds is 6. The number of nitrogens with one attached hydrogen (secondary N) is 1. The van der Waals surface area contributed by atoms with Crippen molar-refractivity contribution in [3.63, 3.8) is 0 Å². The normalized spacial score (nSPS) is 10.5. The van der Waals surface area contributed by atoms with E-state index in [9.17, 15) is 4.79 Å². The van der Waals surface area contributed by atoms with E-state index in [1.54, 1.807) is 0 Å². The molecule has 3 nitrogen and oxygen atoms in total. The van der Waals surface area contributed by atoms with E-state index in [1.165, 1.54) is 0 Å². The lowest BCUT2D eigenvalue weighted by Crippen LogP contribution is -2.33. The van der Waals surface area contributed by atoms with Crippen LogP contribution in [0.4, 0.5) is 5.69 Å². The summed E-state index contributed by atoms with van der Waals surface area (Å²) in [6, 6.07) is 8.00. The molecule has 0 radical (unpaired) electrons. The van der Waals surface area contributed by atoms with Crippen LogP contribution < -0.4 is 11.1 Å². The van der Waals surface area contributed by atoms with E-state index in [4.69, 9.17) is 5.73 Å². The Morgan fingerprint density at radius 2 is 1.82 bits per heavy atom. The second-order valence-electron chi connectivity index (χ2n) is 4.32. The third kappa shape index (κ3) is 4.89. The minimum absolute atomic E-state index is 0.135. The largest absolute Gasteiger partial charge is 0.399 e. The Labute approximate surface area is 103 Å². The van der Waals surface area contributed by atoms with Crippen LogP contribution in [0.3, 0.4) is 0 Å². The lowest BCUT2D eigenvalue weighted by molar-refractivity contribution is -0.121. The fourth-order valence-corrected chi connectivity index (χ4v) is 1.73. The van der Waals surface area contributed by atoms with Gasteiger partial charge in [-0.2, -0.15) is 0 Å². The smallest absolute Gasteiger partial charge is 0.220 e. The average Bonchev–Trinajstić information content (AvgIpc) is 2.35. The first-order valence-electron chi connectivity index (χ1n) is 6.29. The predicted molar refractivity (Wildman–Crippen MR) is 71.7 cm³/mol. The molecule has 0 atom stereocenters.